The highest BCUT2D eigenvalue weighted by molar-refractivity contribution is 5.64. The standard InChI is InChI=1S/C13H24O4/c1-4-15-12(9-7-8-10-14)11-13(16-5-2)17-6-3/h7-8,10,12-13H,4-6,9,11H2,1-3H3. The molecule has 0 radical (unpaired) electrons. The van der Waals surface area contributed by atoms with E-state index in [9.17, 15) is 4.79 Å². The first-order valence-corrected chi connectivity index (χ1v) is 6.23. The number of rotatable bonds is 11. The third-order valence-electron chi connectivity index (χ3n) is 2.18. The van der Waals surface area contributed by atoms with E-state index in [2.05, 4.69) is 0 Å². The first kappa shape index (κ1) is 16.3. The molecule has 4 heteroatoms. The molecule has 0 aliphatic carbocycles. The van der Waals surface area contributed by atoms with E-state index < -0.39 is 0 Å². The van der Waals surface area contributed by atoms with Gasteiger partial charge in [-0.3, -0.25) is 4.79 Å². The molecule has 0 amide bonds. The normalized spacial score (nSPS) is 13.4. The first-order chi connectivity index (χ1) is 8.28. The van der Waals surface area contributed by atoms with E-state index >= 15 is 0 Å². The predicted octanol–water partition coefficient (Wildman–Crippen LogP) is 2.33. The fourth-order valence-corrected chi connectivity index (χ4v) is 1.52. The zero-order chi connectivity index (χ0) is 12.9. The highest BCUT2D eigenvalue weighted by atomic mass is 16.7. The molecule has 0 aromatic rings. The van der Waals surface area contributed by atoms with Crippen LogP contribution in [0.25, 0.3) is 0 Å². The second-order valence-electron chi connectivity index (χ2n) is 3.45. The average molecular weight is 244 g/mol. The Morgan fingerprint density at radius 1 is 1.00 bits per heavy atom. The van der Waals surface area contributed by atoms with Crippen LogP contribution in [0.15, 0.2) is 12.2 Å². The molecule has 0 aromatic carbocycles. The lowest BCUT2D eigenvalue weighted by molar-refractivity contribution is -0.156. The van der Waals surface area contributed by atoms with Crippen LogP contribution in [0.5, 0.6) is 0 Å². The molecule has 0 rings (SSSR count). The number of allylic oxidation sites excluding steroid dienone is 1. The van der Waals surface area contributed by atoms with Crippen molar-refractivity contribution in [3.05, 3.63) is 12.2 Å². The fourth-order valence-electron chi connectivity index (χ4n) is 1.52. The van der Waals surface area contributed by atoms with Crippen molar-refractivity contribution in [2.75, 3.05) is 19.8 Å². The van der Waals surface area contributed by atoms with Gasteiger partial charge in [-0.15, -0.1) is 0 Å². The van der Waals surface area contributed by atoms with Gasteiger partial charge in [-0.2, -0.15) is 0 Å². The van der Waals surface area contributed by atoms with E-state index in [1.807, 2.05) is 26.8 Å². The summed E-state index contributed by atoms with van der Waals surface area (Å²) in [5, 5.41) is 0. The van der Waals surface area contributed by atoms with Gasteiger partial charge < -0.3 is 14.2 Å². The summed E-state index contributed by atoms with van der Waals surface area (Å²) in [6.07, 6.45) is 5.24. The molecule has 0 saturated heterocycles. The maximum absolute atomic E-state index is 10.2. The molecule has 100 valence electrons. The summed E-state index contributed by atoms with van der Waals surface area (Å²) >= 11 is 0. The van der Waals surface area contributed by atoms with Crippen LogP contribution in [0.4, 0.5) is 0 Å². The van der Waals surface area contributed by atoms with Crippen LogP contribution in [0.3, 0.4) is 0 Å². The Morgan fingerprint density at radius 2 is 1.59 bits per heavy atom. The average Bonchev–Trinajstić information content (AvgIpc) is 2.30. The van der Waals surface area contributed by atoms with Crippen molar-refractivity contribution in [1.29, 1.82) is 0 Å². The largest absolute Gasteiger partial charge is 0.378 e. The lowest BCUT2D eigenvalue weighted by Gasteiger charge is -2.22. The molecule has 0 fully saturated rings. The molecule has 1 unspecified atom stereocenters. The Morgan fingerprint density at radius 3 is 2.06 bits per heavy atom. The van der Waals surface area contributed by atoms with Crippen LogP contribution >= 0.6 is 0 Å². The number of ether oxygens (including phenoxy) is 3. The van der Waals surface area contributed by atoms with E-state index in [1.165, 1.54) is 6.08 Å². The Kier molecular flexibility index (Phi) is 11.3. The maximum Gasteiger partial charge on any atom is 0.160 e. The van der Waals surface area contributed by atoms with Crippen LogP contribution in [-0.2, 0) is 19.0 Å². The molecule has 0 spiro atoms. The van der Waals surface area contributed by atoms with Gasteiger partial charge in [0.25, 0.3) is 0 Å². The van der Waals surface area contributed by atoms with Crippen molar-refractivity contribution in [2.24, 2.45) is 0 Å². The van der Waals surface area contributed by atoms with E-state index in [-0.39, 0.29) is 12.4 Å². The van der Waals surface area contributed by atoms with Gasteiger partial charge in [0.15, 0.2) is 6.29 Å². The summed E-state index contributed by atoms with van der Waals surface area (Å²) in [5.74, 6) is 0. The molecule has 1 atom stereocenters. The minimum atomic E-state index is -0.230. The van der Waals surface area contributed by atoms with Crippen LogP contribution in [0, 0.1) is 0 Å². The summed E-state index contributed by atoms with van der Waals surface area (Å²) in [6, 6.07) is 0. The van der Waals surface area contributed by atoms with Gasteiger partial charge in [0.1, 0.15) is 6.29 Å². The van der Waals surface area contributed by atoms with Gasteiger partial charge >= 0.3 is 0 Å². The van der Waals surface area contributed by atoms with E-state index in [4.69, 9.17) is 14.2 Å². The molecule has 0 heterocycles. The Labute approximate surface area is 104 Å². The summed E-state index contributed by atoms with van der Waals surface area (Å²) < 4.78 is 16.5. The fraction of sp³-hybridized carbons (Fsp3) is 0.769. The third kappa shape index (κ3) is 9.03. The Bertz CT molecular complexity index is 198. The monoisotopic (exact) mass is 244 g/mol. The van der Waals surface area contributed by atoms with Crippen LogP contribution < -0.4 is 0 Å². The molecule has 4 nitrogen and oxygen atoms in total. The van der Waals surface area contributed by atoms with E-state index in [0.717, 1.165) is 6.29 Å². The Hall–Kier alpha value is -0.710. The highest BCUT2D eigenvalue weighted by Gasteiger charge is 2.16. The minimum absolute atomic E-state index is 0.0271. The maximum atomic E-state index is 10.2. The summed E-state index contributed by atoms with van der Waals surface area (Å²) in [6.45, 7) is 7.71. The van der Waals surface area contributed by atoms with Crippen molar-refractivity contribution in [3.63, 3.8) is 0 Å². The van der Waals surface area contributed by atoms with Gasteiger partial charge in [0.05, 0.1) is 6.10 Å². The van der Waals surface area contributed by atoms with E-state index in [0.29, 0.717) is 32.7 Å². The Balaban J connectivity index is 4.16. The molecule has 17 heavy (non-hydrogen) atoms. The summed E-state index contributed by atoms with van der Waals surface area (Å²) in [4.78, 5) is 10.2. The number of hydrogen-bond donors (Lipinski definition) is 0. The van der Waals surface area contributed by atoms with Gasteiger partial charge in [-0.1, -0.05) is 6.08 Å². The van der Waals surface area contributed by atoms with Crippen molar-refractivity contribution in [3.8, 4) is 0 Å². The van der Waals surface area contributed by atoms with Gasteiger partial charge in [-0.25, -0.2) is 0 Å². The summed E-state index contributed by atoms with van der Waals surface area (Å²) in [5.41, 5.74) is 0. The zero-order valence-electron chi connectivity index (χ0n) is 11.1. The van der Waals surface area contributed by atoms with Gasteiger partial charge in [-0.05, 0) is 33.3 Å². The van der Waals surface area contributed by atoms with Crippen LogP contribution in [0.1, 0.15) is 33.6 Å². The third-order valence-corrected chi connectivity index (χ3v) is 2.18. The second kappa shape index (κ2) is 11.8. The number of aldehydes is 1. The first-order valence-electron chi connectivity index (χ1n) is 6.23. The summed E-state index contributed by atoms with van der Waals surface area (Å²) in [7, 11) is 0. The van der Waals surface area contributed by atoms with Crippen molar-refractivity contribution >= 4 is 6.29 Å². The SMILES string of the molecule is CCOC(CC=CC=O)CC(OCC)OCC. The van der Waals surface area contributed by atoms with Crippen LogP contribution in [0.2, 0.25) is 0 Å². The quantitative estimate of drug-likeness (QED) is 0.318. The molecule has 0 aliphatic heterocycles. The smallest absolute Gasteiger partial charge is 0.160 e. The van der Waals surface area contributed by atoms with Crippen molar-refractivity contribution in [1.82, 2.24) is 0 Å². The minimum Gasteiger partial charge on any atom is -0.378 e. The number of carbonyl (C=O) groups excluding carboxylic acids is 1. The van der Waals surface area contributed by atoms with Crippen molar-refractivity contribution < 1.29 is 19.0 Å². The molecule has 0 aliphatic rings. The molecule has 0 N–H and O–H groups in total. The molecule has 0 saturated carbocycles. The number of hydrogen-bond acceptors (Lipinski definition) is 4. The van der Waals surface area contributed by atoms with Crippen molar-refractivity contribution in [2.45, 2.75) is 46.0 Å². The van der Waals surface area contributed by atoms with E-state index in [1.54, 1.807) is 0 Å². The molecule has 0 aromatic heterocycles. The molecular formula is C13H24O4. The molecular weight excluding hydrogens is 220 g/mol. The zero-order valence-corrected chi connectivity index (χ0v) is 11.1. The number of carbonyl (C=O) groups is 1. The second-order valence-corrected chi connectivity index (χ2v) is 3.45. The lowest BCUT2D eigenvalue weighted by atomic mass is 10.1. The predicted molar refractivity (Wildman–Crippen MR) is 66.9 cm³/mol. The lowest BCUT2D eigenvalue weighted by Crippen LogP contribution is -2.25. The topological polar surface area (TPSA) is 44.8 Å². The molecule has 0 bridgehead atoms. The van der Waals surface area contributed by atoms with Crippen LogP contribution in [-0.4, -0.2) is 38.5 Å². The van der Waals surface area contributed by atoms with Gasteiger partial charge in [0, 0.05) is 26.2 Å². The highest BCUT2D eigenvalue weighted by Crippen LogP contribution is 2.12. The van der Waals surface area contributed by atoms with Gasteiger partial charge in [0.2, 0.25) is 0 Å².